The Morgan fingerprint density at radius 2 is 2.25 bits per heavy atom. The van der Waals surface area contributed by atoms with Crippen LogP contribution in [0.2, 0.25) is 0 Å². The number of amides is 1. The minimum atomic E-state index is 0.0822. The van der Waals surface area contributed by atoms with Crippen molar-refractivity contribution >= 4 is 11.6 Å². The lowest BCUT2D eigenvalue weighted by Gasteiger charge is -2.10. The van der Waals surface area contributed by atoms with E-state index in [0.29, 0.717) is 17.5 Å². The highest BCUT2D eigenvalue weighted by molar-refractivity contribution is 5.78. The molecule has 3 nitrogen and oxygen atoms in total. The summed E-state index contributed by atoms with van der Waals surface area (Å²) < 4.78 is 0. The lowest BCUT2D eigenvalue weighted by molar-refractivity contribution is -0.120. The van der Waals surface area contributed by atoms with E-state index in [1.54, 1.807) is 0 Å². The molecule has 0 aromatic heterocycles. The fraction of sp³-hybridized carbons (Fsp3) is 0.462. The van der Waals surface area contributed by atoms with Crippen molar-refractivity contribution in [3.05, 3.63) is 29.8 Å². The van der Waals surface area contributed by atoms with Crippen molar-refractivity contribution in [3.63, 3.8) is 0 Å². The van der Waals surface area contributed by atoms with Crippen LogP contribution in [0.5, 0.6) is 0 Å². The average molecular weight is 218 g/mol. The van der Waals surface area contributed by atoms with Crippen molar-refractivity contribution < 1.29 is 4.79 Å². The standard InChI is InChI=1S/C13H18N2O/c1-13(5-6-13)9-15-12(16)8-10-3-2-4-11(14)7-10/h2-4,7H,5-6,8-9,14H2,1H3,(H,15,16). The molecule has 1 aromatic rings. The fourth-order valence-corrected chi connectivity index (χ4v) is 1.65. The van der Waals surface area contributed by atoms with Gasteiger partial charge in [-0.05, 0) is 36.0 Å². The molecule has 1 aliphatic carbocycles. The first-order valence-corrected chi connectivity index (χ1v) is 5.69. The number of hydrogen-bond acceptors (Lipinski definition) is 2. The summed E-state index contributed by atoms with van der Waals surface area (Å²) in [7, 11) is 0. The molecule has 0 radical (unpaired) electrons. The normalized spacial score (nSPS) is 16.8. The molecule has 3 heteroatoms. The third-order valence-corrected chi connectivity index (χ3v) is 3.13. The lowest BCUT2D eigenvalue weighted by atomic mass is 10.1. The van der Waals surface area contributed by atoms with Crippen molar-refractivity contribution in [2.45, 2.75) is 26.2 Å². The number of benzene rings is 1. The topological polar surface area (TPSA) is 55.1 Å². The first kappa shape index (κ1) is 11.0. The molecule has 2 rings (SSSR count). The Morgan fingerprint density at radius 3 is 2.88 bits per heavy atom. The van der Waals surface area contributed by atoms with Gasteiger partial charge >= 0.3 is 0 Å². The molecule has 0 bridgehead atoms. The Labute approximate surface area is 96.0 Å². The lowest BCUT2D eigenvalue weighted by Crippen LogP contribution is -2.30. The average Bonchev–Trinajstić information content (AvgIpc) is 2.95. The number of nitrogens with one attached hydrogen (secondary N) is 1. The minimum absolute atomic E-state index is 0.0822. The van der Waals surface area contributed by atoms with Gasteiger partial charge in [0.15, 0.2) is 0 Å². The molecule has 0 aliphatic heterocycles. The monoisotopic (exact) mass is 218 g/mol. The molecule has 1 aromatic carbocycles. The third kappa shape index (κ3) is 2.99. The van der Waals surface area contributed by atoms with Gasteiger partial charge in [0, 0.05) is 12.2 Å². The van der Waals surface area contributed by atoms with Gasteiger partial charge in [0.25, 0.3) is 0 Å². The summed E-state index contributed by atoms with van der Waals surface area (Å²) in [4.78, 5) is 11.6. The van der Waals surface area contributed by atoms with Crippen LogP contribution in [-0.2, 0) is 11.2 Å². The van der Waals surface area contributed by atoms with Gasteiger partial charge < -0.3 is 11.1 Å². The van der Waals surface area contributed by atoms with E-state index in [1.807, 2.05) is 24.3 Å². The maximum Gasteiger partial charge on any atom is 0.224 e. The van der Waals surface area contributed by atoms with Gasteiger partial charge in [0.1, 0.15) is 0 Å². The number of carbonyl (C=O) groups is 1. The van der Waals surface area contributed by atoms with Crippen molar-refractivity contribution in [3.8, 4) is 0 Å². The third-order valence-electron chi connectivity index (χ3n) is 3.13. The van der Waals surface area contributed by atoms with Gasteiger partial charge in [-0.25, -0.2) is 0 Å². The SMILES string of the molecule is CC1(CNC(=O)Cc2cccc(N)c2)CC1. The van der Waals surface area contributed by atoms with Crippen LogP contribution in [0.15, 0.2) is 24.3 Å². The summed E-state index contributed by atoms with van der Waals surface area (Å²) in [5, 5.41) is 2.97. The van der Waals surface area contributed by atoms with Crippen LogP contribution in [-0.4, -0.2) is 12.5 Å². The molecular formula is C13H18N2O. The maximum absolute atomic E-state index is 11.6. The Morgan fingerprint density at radius 1 is 1.50 bits per heavy atom. The van der Waals surface area contributed by atoms with E-state index in [-0.39, 0.29) is 5.91 Å². The van der Waals surface area contributed by atoms with Gasteiger partial charge in [0.2, 0.25) is 5.91 Å². The maximum atomic E-state index is 11.6. The van der Waals surface area contributed by atoms with Crippen molar-refractivity contribution in [1.82, 2.24) is 5.32 Å². The molecule has 0 saturated heterocycles. The predicted octanol–water partition coefficient (Wildman–Crippen LogP) is 1.73. The Bertz CT molecular complexity index is 397. The van der Waals surface area contributed by atoms with E-state index in [2.05, 4.69) is 12.2 Å². The fourth-order valence-electron chi connectivity index (χ4n) is 1.65. The zero-order chi connectivity index (χ0) is 11.6. The number of hydrogen-bond donors (Lipinski definition) is 2. The highest BCUT2D eigenvalue weighted by Crippen LogP contribution is 2.43. The van der Waals surface area contributed by atoms with Gasteiger partial charge in [-0.3, -0.25) is 4.79 Å². The Hall–Kier alpha value is -1.51. The molecule has 0 atom stereocenters. The number of nitrogen functional groups attached to an aromatic ring is 1. The molecular weight excluding hydrogens is 200 g/mol. The Kier molecular flexibility index (Phi) is 2.86. The van der Waals surface area contributed by atoms with Crippen molar-refractivity contribution in [2.24, 2.45) is 5.41 Å². The van der Waals surface area contributed by atoms with Crippen LogP contribution in [0.4, 0.5) is 5.69 Å². The van der Waals surface area contributed by atoms with Crippen LogP contribution < -0.4 is 11.1 Å². The van der Waals surface area contributed by atoms with Gasteiger partial charge in [-0.15, -0.1) is 0 Å². The number of nitrogens with two attached hydrogens (primary N) is 1. The van der Waals surface area contributed by atoms with Crippen LogP contribution in [0, 0.1) is 5.41 Å². The second-order valence-corrected chi connectivity index (χ2v) is 5.01. The van der Waals surface area contributed by atoms with E-state index in [9.17, 15) is 4.79 Å². The molecule has 16 heavy (non-hydrogen) atoms. The summed E-state index contributed by atoms with van der Waals surface area (Å²) in [5.74, 6) is 0.0822. The molecule has 1 amide bonds. The number of rotatable bonds is 4. The summed E-state index contributed by atoms with van der Waals surface area (Å²) in [6, 6.07) is 7.47. The molecule has 1 fully saturated rings. The first-order valence-electron chi connectivity index (χ1n) is 5.69. The molecule has 1 aliphatic rings. The highest BCUT2D eigenvalue weighted by Gasteiger charge is 2.37. The van der Waals surface area contributed by atoms with Crippen LogP contribution in [0.25, 0.3) is 0 Å². The van der Waals surface area contributed by atoms with E-state index in [1.165, 1.54) is 12.8 Å². The minimum Gasteiger partial charge on any atom is -0.399 e. The van der Waals surface area contributed by atoms with Gasteiger partial charge in [0.05, 0.1) is 6.42 Å². The van der Waals surface area contributed by atoms with Crippen LogP contribution >= 0.6 is 0 Å². The first-order chi connectivity index (χ1) is 7.57. The van der Waals surface area contributed by atoms with Gasteiger partial charge in [-0.2, -0.15) is 0 Å². The summed E-state index contributed by atoms with van der Waals surface area (Å²) in [6.07, 6.45) is 2.87. The van der Waals surface area contributed by atoms with E-state index < -0.39 is 0 Å². The van der Waals surface area contributed by atoms with E-state index >= 15 is 0 Å². The number of anilines is 1. The van der Waals surface area contributed by atoms with Crippen molar-refractivity contribution in [1.29, 1.82) is 0 Å². The van der Waals surface area contributed by atoms with E-state index in [4.69, 9.17) is 5.73 Å². The zero-order valence-corrected chi connectivity index (χ0v) is 9.62. The molecule has 0 heterocycles. The van der Waals surface area contributed by atoms with E-state index in [0.717, 1.165) is 12.1 Å². The summed E-state index contributed by atoms with van der Waals surface area (Å²) in [5.41, 5.74) is 7.70. The van der Waals surface area contributed by atoms with Crippen LogP contribution in [0.1, 0.15) is 25.3 Å². The quantitative estimate of drug-likeness (QED) is 0.756. The second kappa shape index (κ2) is 4.16. The van der Waals surface area contributed by atoms with Crippen LogP contribution in [0.3, 0.4) is 0 Å². The Balaban J connectivity index is 1.82. The second-order valence-electron chi connectivity index (χ2n) is 5.01. The largest absolute Gasteiger partial charge is 0.399 e. The molecule has 0 spiro atoms. The molecule has 1 saturated carbocycles. The molecule has 0 unspecified atom stereocenters. The summed E-state index contributed by atoms with van der Waals surface area (Å²) >= 11 is 0. The predicted molar refractivity (Wildman–Crippen MR) is 64.9 cm³/mol. The zero-order valence-electron chi connectivity index (χ0n) is 9.62. The van der Waals surface area contributed by atoms with Crippen molar-refractivity contribution in [2.75, 3.05) is 12.3 Å². The molecule has 3 N–H and O–H groups in total. The smallest absolute Gasteiger partial charge is 0.224 e. The molecule has 86 valence electrons. The van der Waals surface area contributed by atoms with Gasteiger partial charge in [-0.1, -0.05) is 19.1 Å². The highest BCUT2D eigenvalue weighted by atomic mass is 16.1. The number of carbonyl (C=O) groups excluding carboxylic acids is 1. The summed E-state index contributed by atoms with van der Waals surface area (Å²) in [6.45, 7) is 3.00.